The SMILES string of the molecule is CNCC1(CCc2ccco2)CCCN1C. The van der Waals surface area contributed by atoms with Crippen LogP contribution in [0.4, 0.5) is 0 Å². The minimum Gasteiger partial charge on any atom is -0.469 e. The average Bonchev–Trinajstić information content (AvgIpc) is 2.88. The summed E-state index contributed by atoms with van der Waals surface area (Å²) in [6.07, 6.45) is 6.59. The van der Waals surface area contributed by atoms with Crippen LogP contribution in [0.1, 0.15) is 25.0 Å². The lowest BCUT2D eigenvalue weighted by Crippen LogP contribution is -2.48. The minimum atomic E-state index is 0.335. The Morgan fingerprint density at radius 3 is 3.00 bits per heavy atom. The van der Waals surface area contributed by atoms with E-state index in [2.05, 4.69) is 23.3 Å². The minimum absolute atomic E-state index is 0.335. The highest BCUT2D eigenvalue weighted by Crippen LogP contribution is 2.31. The molecule has 1 atom stereocenters. The van der Waals surface area contributed by atoms with Crippen LogP contribution in [0.15, 0.2) is 22.8 Å². The number of furan rings is 1. The molecule has 1 aromatic heterocycles. The van der Waals surface area contributed by atoms with Crippen molar-refractivity contribution in [3.63, 3.8) is 0 Å². The van der Waals surface area contributed by atoms with Gasteiger partial charge >= 0.3 is 0 Å². The zero-order chi connectivity index (χ0) is 11.4. The summed E-state index contributed by atoms with van der Waals surface area (Å²) in [7, 11) is 4.28. The Labute approximate surface area is 97.8 Å². The van der Waals surface area contributed by atoms with Crippen molar-refractivity contribution in [1.82, 2.24) is 10.2 Å². The molecule has 3 nitrogen and oxygen atoms in total. The summed E-state index contributed by atoms with van der Waals surface area (Å²) >= 11 is 0. The first-order valence-electron chi connectivity index (χ1n) is 6.15. The van der Waals surface area contributed by atoms with Gasteiger partial charge in [0.2, 0.25) is 0 Å². The van der Waals surface area contributed by atoms with Crippen molar-refractivity contribution in [2.75, 3.05) is 27.2 Å². The van der Waals surface area contributed by atoms with Crippen LogP contribution in [0.25, 0.3) is 0 Å². The first kappa shape index (κ1) is 11.7. The van der Waals surface area contributed by atoms with Gasteiger partial charge in [0.25, 0.3) is 0 Å². The molecule has 1 N–H and O–H groups in total. The largest absolute Gasteiger partial charge is 0.469 e. The van der Waals surface area contributed by atoms with E-state index < -0.39 is 0 Å². The van der Waals surface area contributed by atoms with Gasteiger partial charge in [0.1, 0.15) is 5.76 Å². The number of aryl methyl sites for hydroxylation is 1. The topological polar surface area (TPSA) is 28.4 Å². The van der Waals surface area contributed by atoms with Gasteiger partial charge in [-0.15, -0.1) is 0 Å². The van der Waals surface area contributed by atoms with Gasteiger partial charge in [0.15, 0.2) is 0 Å². The maximum Gasteiger partial charge on any atom is 0.103 e. The quantitative estimate of drug-likeness (QED) is 0.824. The van der Waals surface area contributed by atoms with Gasteiger partial charge in [0, 0.05) is 18.5 Å². The zero-order valence-corrected chi connectivity index (χ0v) is 10.3. The molecule has 1 unspecified atom stereocenters. The van der Waals surface area contributed by atoms with E-state index in [1.54, 1.807) is 6.26 Å². The van der Waals surface area contributed by atoms with Gasteiger partial charge in [-0.3, -0.25) is 4.90 Å². The van der Waals surface area contributed by atoms with E-state index in [4.69, 9.17) is 4.42 Å². The number of nitrogens with zero attached hydrogens (tertiary/aromatic N) is 1. The van der Waals surface area contributed by atoms with Crippen LogP contribution in [0.3, 0.4) is 0 Å². The second-order valence-corrected chi connectivity index (χ2v) is 4.86. The highest BCUT2D eigenvalue weighted by atomic mass is 16.3. The lowest BCUT2D eigenvalue weighted by Gasteiger charge is -2.36. The third-order valence-corrected chi connectivity index (χ3v) is 3.87. The summed E-state index contributed by atoms with van der Waals surface area (Å²) in [4.78, 5) is 2.51. The molecule has 0 amide bonds. The molecular weight excluding hydrogens is 200 g/mol. The fourth-order valence-electron chi connectivity index (χ4n) is 2.84. The zero-order valence-electron chi connectivity index (χ0n) is 10.3. The van der Waals surface area contributed by atoms with Crippen molar-refractivity contribution in [2.45, 2.75) is 31.2 Å². The molecule has 0 saturated carbocycles. The molecule has 2 heterocycles. The van der Waals surface area contributed by atoms with E-state index in [-0.39, 0.29) is 0 Å². The second kappa shape index (κ2) is 5.02. The van der Waals surface area contributed by atoms with Gasteiger partial charge in [0.05, 0.1) is 6.26 Å². The molecule has 1 fully saturated rings. The normalized spacial score (nSPS) is 26.4. The molecule has 2 rings (SSSR count). The van der Waals surface area contributed by atoms with Crippen LogP contribution >= 0.6 is 0 Å². The standard InChI is InChI=1S/C13H22N2O/c1-14-11-13(7-4-9-15(13)2)8-6-12-5-3-10-16-12/h3,5,10,14H,4,6-9,11H2,1-2H3. The lowest BCUT2D eigenvalue weighted by molar-refractivity contribution is 0.157. The fourth-order valence-corrected chi connectivity index (χ4v) is 2.84. The van der Waals surface area contributed by atoms with Gasteiger partial charge in [-0.25, -0.2) is 0 Å². The van der Waals surface area contributed by atoms with Crippen LogP contribution in [0, 0.1) is 0 Å². The van der Waals surface area contributed by atoms with E-state index in [0.29, 0.717) is 5.54 Å². The fraction of sp³-hybridized carbons (Fsp3) is 0.692. The van der Waals surface area contributed by atoms with Crippen LogP contribution in [0.2, 0.25) is 0 Å². The maximum absolute atomic E-state index is 5.41. The third-order valence-electron chi connectivity index (χ3n) is 3.87. The second-order valence-electron chi connectivity index (χ2n) is 4.86. The summed E-state index contributed by atoms with van der Waals surface area (Å²) in [5, 5.41) is 3.34. The van der Waals surface area contributed by atoms with Gasteiger partial charge in [-0.2, -0.15) is 0 Å². The van der Waals surface area contributed by atoms with Crippen LogP contribution in [0.5, 0.6) is 0 Å². The molecule has 1 saturated heterocycles. The summed E-state index contributed by atoms with van der Waals surface area (Å²) in [5.74, 6) is 1.11. The summed E-state index contributed by atoms with van der Waals surface area (Å²) in [5.41, 5.74) is 0.335. The number of hydrogen-bond donors (Lipinski definition) is 1. The Morgan fingerprint density at radius 1 is 1.56 bits per heavy atom. The van der Waals surface area contributed by atoms with Crippen LogP contribution < -0.4 is 5.32 Å². The Balaban J connectivity index is 1.97. The number of likely N-dealkylation sites (tertiary alicyclic amines) is 1. The predicted octanol–water partition coefficient (Wildman–Crippen LogP) is 1.90. The van der Waals surface area contributed by atoms with Gasteiger partial charge < -0.3 is 9.73 Å². The highest BCUT2D eigenvalue weighted by molar-refractivity contribution is 5.03. The molecule has 1 aliphatic heterocycles. The third kappa shape index (κ3) is 2.30. The van der Waals surface area contributed by atoms with Crippen molar-refractivity contribution in [2.24, 2.45) is 0 Å². The summed E-state index contributed by atoms with van der Waals surface area (Å²) < 4.78 is 5.41. The predicted molar refractivity (Wildman–Crippen MR) is 65.6 cm³/mol. The molecule has 0 spiro atoms. The van der Waals surface area contributed by atoms with E-state index in [0.717, 1.165) is 18.7 Å². The van der Waals surface area contributed by atoms with E-state index >= 15 is 0 Å². The molecule has 0 radical (unpaired) electrons. The monoisotopic (exact) mass is 222 g/mol. The number of hydrogen-bond acceptors (Lipinski definition) is 3. The Bertz CT molecular complexity index is 310. The Hall–Kier alpha value is -0.800. The first-order valence-corrected chi connectivity index (χ1v) is 6.15. The molecule has 16 heavy (non-hydrogen) atoms. The molecule has 90 valence electrons. The Kier molecular flexibility index (Phi) is 3.66. The summed E-state index contributed by atoms with van der Waals surface area (Å²) in [6.45, 7) is 2.30. The molecule has 0 aliphatic carbocycles. The highest BCUT2D eigenvalue weighted by Gasteiger charge is 2.37. The smallest absolute Gasteiger partial charge is 0.103 e. The molecule has 1 aromatic rings. The lowest BCUT2D eigenvalue weighted by atomic mass is 9.90. The number of rotatable bonds is 5. The van der Waals surface area contributed by atoms with Gasteiger partial charge in [-0.05, 0) is 52.0 Å². The van der Waals surface area contributed by atoms with Crippen molar-refractivity contribution >= 4 is 0 Å². The van der Waals surface area contributed by atoms with E-state index in [9.17, 15) is 0 Å². The number of likely N-dealkylation sites (N-methyl/N-ethyl adjacent to an activating group) is 2. The molecule has 3 heteroatoms. The molecule has 0 aromatic carbocycles. The van der Waals surface area contributed by atoms with Crippen LogP contribution in [-0.4, -0.2) is 37.6 Å². The van der Waals surface area contributed by atoms with Crippen molar-refractivity contribution in [1.29, 1.82) is 0 Å². The molecular formula is C13H22N2O. The van der Waals surface area contributed by atoms with Gasteiger partial charge in [-0.1, -0.05) is 0 Å². The van der Waals surface area contributed by atoms with Crippen molar-refractivity contribution in [3.8, 4) is 0 Å². The Morgan fingerprint density at radius 2 is 2.44 bits per heavy atom. The van der Waals surface area contributed by atoms with Crippen molar-refractivity contribution in [3.05, 3.63) is 24.2 Å². The van der Waals surface area contributed by atoms with E-state index in [1.165, 1.54) is 25.8 Å². The van der Waals surface area contributed by atoms with E-state index in [1.807, 2.05) is 13.1 Å². The van der Waals surface area contributed by atoms with Crippen LogP contribution in [-0.2, 0) is 6.42 Å². The molecule has 0 bridgehead atoms. The molecule has 1 aliphatic rings. The summed E-state index contributed by atoms with van der Waals surface area (Å²) in [6, 6.07) is 4.04. The number of nitrogens with one attached hydrogen (secondary N) is 1. The average molecular weight is 222 g/mol. The first-order chi connectivity index (χ1) is 7.77. The maximum atomic E-state index is 5.41. The van der Waals surface area contributed by atoms with Crippen molar-refractivity contribution < 1.29 is 4.42 Å².